The van der Waals surface area contributed by atoms with Gasteiger partial charge in [0, 0.05) is 45.6 Å². The Labute approximate surface area is 548 Å². The van der Waals surface area contributed by atoms with Crippen molar-refractivity contribution in [3.05, 3.63) is 330 Å². The number of nitrogens with two attached hydrogens (primary N) is 1. The molecule has 462 valence electrons. The molecule has 90 heavy (non-hydrogen) atoms. The minimum atomic E-state index is -0.803. The molecule has 15 heteroatoms. The van der Waals surface area contributed by atoms with Crippen molar-refractivity contribution < 1.29 is 52.5 Å². The summed E-state index contributed by atoms with van der Waals surface area (Å²) in [6.45, 7) is 0.401. The van der Waals surface area contributed by atoms with Crippen molar-refractivity contribution >= 4 is 77.3 Å². The highest BCUT2D eigenvalue weighted by Gasteiger charge is 2.09. The fraction of sp³-hybridized carbons (Fsp3) is 0.133. The molecule has 10 rings (SSSR count). The maximum Gasteiger partial charge on any atom is 0.307 e. The Morgan fingerprint density at radius 1 is 0.300 bits per heavy atom. The molecular formula is C75H67Br3F3NO8. The van der Waals surface area contributed by atoms with Crippen LogP contribution >= 0.6 is 47.8 Å². The van der Waals surface area contributed by atoms with Gasteiger partial charge in [0.1, 0.15) is 29.0 Å². The number of halogens is 6. The van der Waals surface area contributed by atoms with Crippen LogP contribution < -0.4 is 5.73 Å². The summed E-state index contributed by atoms with van der Waals surface area (Å²) in [7, 11) is 0. The van der Waals surface area contributed by atoms with Crippen LogP contribution in [0, 0.1) is 17.5 Å². The fourth-order valence-corrected chi connectivity index (χ4v) is 10.0. The lowest BCUT2D eigenvalue weighted by molar-refractivity contribution is -0.137. The van der Waals surface area contributed by atoms with Crippen molar-refractivity contribution in [3.63, 3.8) is 0 Å². The van der Waals surface area contributed by atoms with Gasteiger partial charge in [-0.05, 0) is 152 Å². The first kappa shape index (κ1) is 71.9. The number of carboxylic acids is 3. The highest BCUT2D eigenvalue weighted by molar-refractivity contribution is 9.11. The summed E-state index contributed by atoms with van der Waals surface area (Å²) in [4.78, 5) is 55.2. The maximum atomic E-state index is 13.2. The topological polar surface area (TPSA) is 172 Å². The predicted octanol–water partition coefficient (Wildman–Crippen LogP) is 18.0. The van der Waals surface area contributed by atoms with Gasteiger partial charge >= 0.3 is 17.9 Å². The summed E-state index contributed by atoms with van der Waals surface area (Å²) in [5.74, 6) is -2.80. The lowest BCUT2D eigenvalue weighted by Gasteiger charge is -2.06. The second kappa shape index (κ2) is 39.9. The first-order valence-corrected chi connectivity index (χ1v) is 30.8. The Morgan fingerprint density at radius 3 is 0.878 bits per heavy atom. The number of aliphatic carboxylic acids is 3. The molecule has 10 aromatic rings. The van der Waals surface area contributed by atoms with E-state index in [0.717, 1.165) is 80.2 Å². The van der Waals surface area contributed by atoms with Gasteiger partial charge in [-0.2, -0.15) is 0 Å². The van der Waals surface area contributed by atoms with Crippen molar-refractivity contribution in [2.45, 2.75) is 64.3 Å². The van der Waals surface area contributed by atoms with E-state index in [1.807, 2.05) is 146 Å². The molecule has 10 aromatic carbocycles. The van der Waals surface area contributed by atoms with E-state index >= 15 is 0 Å². The number of benzene rings is 10. The van der Waals surface area contributed by atoms with E-state index in [4.69, 9.17) is 21.1 Å². The summed E-state index contributed by atoms with van der Waals surface area (Å²) < 4.78 is 41.3. The summed E-state index contributed by atoms with van der Waals surface area (Å²) >= 11 is 9.90. The third kappa shape index (κ3) is 29.9. The van der Waals surface area contributed by atoms with Crippen LogP contribution in [0.3, 0.4) is 0 Å². The second-order valence-electron chi connectivity index (χ2n) is 20.3. The monoisotopic (exact) mass is 1400 g/mol. The van der Waals surface area contributed by atoms with Crippen LogP contribution in [0.2, 0.25) is 0 Å². The molecule has 0 fully saturated rings. The van der Waals surface area contributed by atoms with Gasteiger partial charge in [-0.15, -0.1) is 0 Å². The van der Waals surface area contributed by atoms with Gasteiger partial charge in [0.05, 0.1) is 19.3 Å². The molecule has 0 heterocycles. The summed E-state index contributed by atoms with van der Waals surface area (Å²) in [6.07, 6.45) is 3.11. The molecule has 9 nitrogen and oxygen atoms in total. The van der Waals surface area contributed by atoms with Crippen LogP contribution in [0.1, 0.15) is 57.3 Å². The van der Waals surface area contributed by atoms with E-state index in [2.05, 4.69) is 72.1 Å². The second-order valence-corrected chi connectivity index (χ2v) is 23.0. The standard InChI is InChI=1S/C22H19FO.C16H14BrFO.C14H12O2.2C8H7BrO2.C7H8FN/c23-21-11-5-6-17(15-21)12-13-22(24)16-18-7-4-10-20(14-18)19-8-2-1-3-9-19;17-14-5-1-4-13(9-14)11-16(19)8-7-12-3-2-6-15(18)10-12;15-14(16)10-11-5-4-8-13(9-11)12-6-2-1-3-7-12;2*9-7-3-1-2-6(4-7)5-8(10)11;8-7-3-1-2-6(4-7)5-9/h1-11,14-15H,12-13,16H2;1-6,9-10H,7-8,11H2;1-9H,10H2,(H,15,16);2*1-4H,5H2,(H,10,11);1-4H,5,9H2. The molecule has 0 aromatic heterocycles. The quantitative estimate of drug-likeness (QED) is 0.0615. The zero-order valence-corrected chi connectivity index (χ0v) is 53.8. The maximum absolute atomic E-state index is 13.2. The smallest absolute Gasteiger partial charge is 0.307 e. The first-order chi connectivity index (χ1) is 43.3. The van der Waals surface area contributed by atoms with Gasteiger partial charge in [0.2, 0.25) is 0 Å². The Hall–Kier alpha value is -8.86. The number of carbonyl (C=O) groups is 5. The van der Waals surface area contributed by atoms with Crippen molar-refractivity contribution in [1.29, 1.82) is 0 Å². The van der Waals surface area contributed by atoms with Crippen LogP contribution in [0.15, 0.2) is 268 Å². The van der Waals surface area contributed by atoms with Crippen LogP contribution in [0.4, 0.5) is 13.2 Å². The molecule has 0 unspecified atom stereocenters. The highest BCUT2D eigenvalue weighted by Crippen LogP contribution is 2.23. The number of ketones is 2. The van der Waals surface area contributed by atoms with Crippen LogP contribution in [0.5, 0.6) is 0 Å². The third-order valence-electron chi connectivity index (χ3n) is 12.9. The summed E-state index contributed by atoms with van der Waals surface area (Å²) in [5.41, 5.74) is 16.7. The largest absolute Gasteiger partial charge is 0.481 e. The Bertz CT molecular complexity index is 3830. The van der Waals surface area contributed by atoms with E-state index in [1.165, 1.54) is 36.4 Å². The van der Waals surface area contributed by atoms with Gasteiger partial charge < -0.3 is 21.1 Å². The highest BCUT2D eigenvalue weighted by atomic mass is 79.9. The molecule has 0 saturated heterocycles. The van der Waals surface area contributed by atoms with Crippen molar-refractivity contribution in [3.8, 4) is 22.3 Å². The number of Topliss-reactive ketones (excluding diaryl/α,β-unsaturated/α-hetero) is 2. The van der Waals surface area contributed by atoms with E-state index in [0.29, 0.717) is 45.1 Å². The van der Waals surface area contributed by atoms with Crippen molar-refractivity contribution in [2.75, 3.05) is 0 Å². The van der Waals surface area contributed by atoms with Gasteiger partial charge in [-0.25, -0.2) is 13.2 Å². The van der Waals surface area contributed by atoms with E-state index in [1.54, 1.807) is 48.5 Å². The first-order valence-electron chi connectivity index (χ1n) is 28.4. The van der Waals surface area contributed by atoms with Crippen LogP contribution in [-0.4, -0.2) is 44.8 Å². The van der Waals surface area contributed by atoms with Crippen LogP contribution in [-0.2, 0) is 75.5 Å². The van der Waals surface area contributed by atoms with Crippen molar-refractivity contribution in [1.82, 2.24) is 0 Å². The summed E-state index contributed by atoms with van der Waals surface area (Å²) in [5, 5.41) is 25.6. The molecule has 0 atom stereocenters. The number of carbonyl (C=O) groups excluding carboxylic acids is 2. The van der Waals surface area contributed by atoms with Gasteiger partial charge in [0.25, 0.3) is 0 Å². The minimum Gasteiger partial charge on any atom is -0.481 e. The molecule has 0 aliphatic heterocycles. The van der Waals surface area contributed by atoms with Gasteiger partial charge in [0.15, 0.2) is 0 Å². The van der Waals surface area contributed by atoms with Gasteiger partial charge in [-0.1, -0.05) is 230 Å². The third-order valence-corrected chi connectivity index (χ3v) is 14.4. The molecule has 0 amide bonds. The average Bonchev–Trinajstić information content (AvgIpc) is 2.50. The normalized spacial score (nSPS) is 10.1. The van der Waals surface area contributed by atoms with Crippen molar-refractivity contribution in [2.24, 2.45) is 5.73 Å². The Kier molecular flexibility index (Phi) is 31.9. The average molecular weight is 1410 g/mol. The molecule has 5 N–H and O–H groups in total. The van der Waals surface area contributed by atoms with Gasteiger partial charge in [-0.3, -0.25) is 24.0 Å². The number of aryl methyl sites for hydroxylation is 2. The zero-order chi connectivity index (χ0) is 65.0. The molecule has 0 saturated carbocycles. The predicted molar refractivity (Wildman–Crippen MR) is 361 cm³/mol. The van der Waals surface area contributed by atoms with Crippen LogP contribution in [0.25, 0.3) is 22.3 Å². The molecule has 0 aliphatic carbocycles. The SMILES string of the molecule is NCc1cccc(F)c1.O=C(CCc1cccc(F)c1)Cc1cccc(-c2ccccc2)c1.O=C(CCc1cccc(F)c1)Cc1cccc(Br)c1.O=C(O)Cc1cccc(-c2ccccc2)c1.O=C(O)Cc1cccc(Br)c1.O=C(O)Cc1cccc(Br)c1. The number of carboxylic acid groups (broad SMARTS) is 3. The summed E-state index contributed by atoms with van der Waals surface area (Å²) in [6, 6.07) is 77.2. The minimum absolute atomic E-state index is 0.0701. The number of hydrogen-bond acceptors (Lipinski definition) is 6. The fourth-order valence-electron chi connectivity index (χ4n) is 8.70. The number of rotatable bonds is 19. The lowest BCUT2D eigenvalue weighted by Crippen LogP contribution is -2.04. The van der Waals surface area contributed by atoms with E-state index in [9.17, 15) is 37.1 Å². The Morgan fingerprint density at radius 2 is 0.567 bits per heavy atom. The lowest BCUT2D eigenvalue weighted by atomic mass is 9.98. The Balaban J connectivity index is 0.000000203. The molecule has 0 radical (unpaired) electrons. The molecule has 0 aliphatic rings. The molecule has 0 spiro atoms. The number of hydrogen-bond donors (Lipinski definition) is 4. The zero-order valence-electron chi connectivity index (χ0n) is 49.0. The molecular weight excluding hydrogens is 1340 g/mol. The van der Waals surface area contributed by atoms with E-state index < -0.39 is 17.9 Å². The van der Waals surface area contributed by atoms with E-state index in [-0.39, 0.29) is 48.3 Å². The molecule has 0 bridgehead atoms.